The first kappa shape index (κ1) is 15.9. The lowest BCUT2D eigenvalue weighted by atomic mass is 10.1. The van der Waals surface area contributed by atoms with E-state index in [-0.39, 0.29) is 0 Å². The van der Waals surface area contributed by atoms with E-state index in [1.807, 2.05) is 0 Å². The van der Waals surface area contributed by atoms with Crippen LogP contribution in [0.3, 0.4) is 0 Å². The molecule has 0 amide bonds. The molecule has 0 aliphatic heterocycles. The average Bonchev–Trinajstić information content (AvgIpc) is 1.82. The molecule has 0 aromatic carbocycles. The Morgan fingerprint density at radius 1 is 1.43 bits per heavy atom. The van der Waals surface area contributed by atoms with Crippen molar-refractivity contribution in [1.29, 1.82) is 0 Å². The molecule has 86 valence electrons. The summed E-state index contributed by atoms with van der Waals surface area (Å²) in [6, 6.07) is 0. The summed E-state index contributed by atoms with van der Waals surface area (Å²) in [6.45, 7) is 1.09. The molecular weight excluding hydrogens is 221 g/mol. The second-order valence-electron chi connectivity index (χ2n) is 2.32. The van der Waals surface area contributed by atoms with Crippen LogP contribution in [-0.4, -0.2) is 47.8 Å². The number of hydrogen-bond acceptors (Lipinski definition) is 5. The van der Waals surface area contributed by atoms with Crippen LogP contribution in [0.2, 0.25) is 0 Å². The van der Waals surface area contributed by atoms with Gasteiger partial charge in [0.05, 0.1) is 0 Å². The highest BCUT2D eigenvalue weighted by molar-refractivity contribution is 7.45. The van der Waals surface area contributed by atoms with Crippen molar-refractivity contribution in [3.63, 3.8) is 0 Å². The lowest BCUT2D eigenvalue weighted by Gasteiger charge is -2.19. The summed E-state index contributed by atoms with van der Waals surface area (Å²) in [5.41, 5.74) is 2.18. The van der Waals surface area contributed by atoms with Gasteiger partial charge in [0.2, 0.25) is 5.72 Å². The Morgan fingerprint density at radius 2 is 1.64 bits per heavy atom. The lowest BCUT2D eigenvalue weighted by molar-refractivity contribution is -0.169. The minimum Gasteiger partial charge on any atom is -0.478 e. The van der Waals surface area contributed by atoms with Crippen molar-refractivity contribution in [1.82, 2.24) is 0 Å². The number of carboxylic acid groups (broad SMARTS) is 1. The number of phosphoric acid groups is 1. The van der Waals surface area contributed by atoms with Crippen LogP contribution in [-0.2, 0) is 9.36 Å². The molecule has 0 radical (unpaired) electrons. The molecule has 0 saturated heterocycles. The predicted molar refractivity (Wildman–Crippen MR) is 42.7 cm³/mol. The molecule has 8 N–H and O–H groups in total. The molecule has 0 aliphatic carbocycles. The van der Waals surface area contributed by atoms with Crippen LogP contribution < -0.4 is 5.73 Å². The van der Waals surface area contributed by atoms with Crippen molar-refractivity contribution < 1.29 is 39.4 Å². The Bertz CT molecular complexity index is 223. The zero-order valence-electron chi connectivity index (χ0n) is 7.10. The van der Waals surface area contributed by atoms with E-state index in [4.69, 9.17) is 40.3 Å². The molecule has 0 unspecified atom stereocenters. The van der Waals surface area contributed by atoms with Crippen molar-refractivity contribution in [3.05, 3.63) is 0 Å². The minimum absolute atomic E-state index is 1.09. The molecule has 0 bridgehead atoms. The van der Waals surface area contributed by atoms with E-state index in [0.29, 0.717) is 0 Å². The van der Waals surface area contributed by atoms with Gasteiger partial charge in [-0.15, -0.1) is 0 Å². The van der Waals surface area contributed by atoms with Gasteiger partial charge in [0.1, 0.15) is 6.10 Å². The number of hydrogen-bond donors (Lipinski definition) is 7. The molecule has 0 fully saturated rings. The third kappa shape index (κ3) is 9.55. The van der Waals surface area contributed by atoms with E-state index in [0.717, 1.165) is 6.92 Å². The molecule has 0 aliphatic rings. The lowest BCUT2D eigenvalue weighted by Crippen LogP contribution is -2.56. The summed E-state index contributed by atoms with van der Waals surface area (Å²) in [5, 5.41) is 25.2. The Kier molecular flexibility index (Phi) is 6.10. The Hall–Kier alpha value is -0.540. The first-order valence-corrected chi connectivity index (χ1v) is 4.66. The number of nitrogens with two attached hydrogens (primary N) is 1. The topological polar surface area (TPSA) is 182 Å². The van der Waals surface area contributed by atoms with Crippen molar-refractivity contribution in [2.75, 3.05) is 0 Å². The summed E-state index contributed by atoms with van der Waals surface area (Å²) in [7, 11) is -4.64. The van der Waals surface area contributed by atoms with Crippen LogP contribution in [0.5, 0.6) is 0 Å². The van der Waals surface area contributed by atoms with Crippen molar-refractivity contribution in [3.8, 4) is 0 Å². The third-order valence-corrected chi connectivity index (χ3v) is 0.980. The van der Waals surface area contributed by atoms with Crippen LogP contribution in [0.4, 0.5) is 0 Å². The molecule has 0 saturated carbocycles. The standard InChI is InChI=1S/C4H9NO4.H3O4P/c1-2(6)4(5,9)3(7)8;1-5(2,3)4/h2,6,9H,5H2,1H3,(H,7,8);(H3,1,2,3,4)/t2-,4-;/m1./s1. The second-order valence-corrected chi connectivity index (χ2v) is 3.35. The quantitative estimate of drug-likeness (QED) is 0.195. The maximum atomic E-state index is 9.93. The fourth-order valence-electron chi connectivity index (χ4n) is 0.179. The van der Waals surface area contributed by atoms with Gasteiger partial charge in [0.25, 0.3) is 0 Å². The summed E-state index contributed by atoms with van der Waals surface area (Å²) in [4.78, 5) is 31.5. The number of rotatable bonds is 2. The van der Waals surface area contributed by atoms with Crippen LogP contribution in [0.25, 0.3) is 0 Å². The Labute approximate surface area is 78.7 Å². The molecule has 0 rings (SSSR count). The minimum atomic E-state index is -4.64. The van der Waals surface area contributed by atoms with E-state index >= 15 is 0 Å². The first-order valence-electron chi connectivity index (χ1n) is 3.10. The number of carboxylic acids is 1. The Morgan fingerprint density at radius 3 is 1.64 bits per heavy atom. The van der Waals surface area contributed by atoms with Gasteiger partial charge in [0, 0.05) is 0 Å². The van der Waals surface area contributed by atoms with E-state index in [9.17, 15) is 4.79 Å². The highest BCUT2D eigenvalue weighted by atomic mass is 31.2. The fourth-order valence-corrected chi connectivity index (χ4v) is 0.179. The Balaban J connectivity index is 0. The van der Waals surface area contributed by atoms with Gasteiger partial charge in [0.15, 0.2) is 0 Å². The fraction of sp³-hybridized carbons (Fsp3) is 0.750. The predicted octanol–water partition coefficient (Wildman–Crippen LogP) is -2.83. The second kappa shape index (κ2) is 5.37. The SMILES string of the molecule is C[C@@H](O)[C@@](N)(O)C(=O)O.O=P(O)(O)O. The molecule has 0 aromatic heterocycles. The highest BCUT2D eigenvalue weighted by Gasteiger charge is 2.36. The van der Waals surface area contributed by atoms with Gasteiger partial charge >= 0.3 is 13.8 Å². The van der Waals surface area contributed by atoms with Crippen molar-refractivity contribution in [2.24, 2.45) is 5.73 Å². The molecule has 0 aromatic rings. The molecule has 10 heteroatoms. The molecule has 0 heterocycles. The summed E-state index contributed by atoms with van der Waals surface area (Å²) >= 11 is 0. The van der Waals surface area contributed by atoms with E-state index < -0.39 is 25.6 Å². The molecule has 9 nitrogen and oxygen atoms in total. The van der Waals surface area contributed by atoms with Gasteiger partial charge in [-0.2, -0.15) is 0 Å². The van der Waals surface area contributed by atoms with Gasteiger partial charge in [-0.3, -0.25) is 5.73 Å². The van der Waals surface area contributed by atoms with Gasteiger partial charge in [-0.1, -0.05) is 0 Å². The molecular formula is C4H12NO8P. The highest BCUT2D eigenvalue weighted by Crippen LogP contribution is 2.25. The smallest absolute Gasteiger partial charge is 0.466 e. The van der Waals surface area contributed by atoms with Crippen LogP contribution in [0.15, 0.2) is 0 Å². The maximum absolute atomic E-state index is 9.93. The van der Waals surface area contributed by atoms with Crippen molar-refractivity contribution >= 4 is 13.8 Å². The number of aliphatic carboxylic acids is 1. The van der Waals surface area contributed by atoms with E-state index in [1.165, 1.54) is 0 Å². The van der Waals surface area contributed by atoms with E-state index in [2.05, 4.69) is 0 Å². The maximum Gasteiger partial charge on any atom is 0.466 e. The van der Waals surface area contributed by atoms with Gasteiger partial charge < -0.3 is 30.0 Å². The van der Waals surface area contributed by atoms with Crippen LogP contribution in [0, 0.1) is 0 Å². The van der Waals surface area contributed by atoms with E-state index in [1.54, 1.807) is 0 Å². The van der Waals surface area contributed by atoms with Crippen LogP contribution in [0.1, 0.15) is 6.92 Å². The number of aliphatic hydroxyl groups excluding tert-OH is 1. The molecule has 2 atom stereocenters. The van der Waals surface area contributed by atoms with Gasteiger partial charge in [-0.25, -0.2) is 9.36 Å². The first-order chi connectivity index (χ1) is 5.89. The zero-order valence-corrected chi connectivity index (χ0v) is 8.00. The molecule has 14 heavy (non-hydrogen) atoms. The normalized spacial score (nSPS) is 17.4. The largest absolute Gasteiger partial charge is 0.478 e. The average molecular weight is 233 g/mol. The van der Waals surface area contributed by atoms with Gasteiger partial charge in [-0.05, 0) is 6.92 Å². The number of aliphatic hydroxyl groups is 2. The monoisotopic (exact) mass is 233 g/mol. The van der Waals surface area contributed by atoms with Crippen molar-refractivity contribution in [2.45, 2.75) is 18.8 Å². The third-order valence-electron chi connectivity index (χ3n) is 0.980. The van der Waals surface area contributed by atoms with Crippen LogP contribution >= 0.6 is 7.82 Å². The molecule has 0 spiro atoms. The summed E-state index contributed by atoms with van der Waals surface area (Å²) in [6.07, 6.45) is -1.48. The summed E-state index contributed by atoms with van der Waals surface area (Å²) in [5.74, 6) is -1.64. The number of carbonyl (C=O) groups is 1. The summed E-state index contributed by atoms with van der Waals surface area (Å²) < 4.78 is 8.88. The zero-order chi connectivity index (χ0) is 12.2.